The molecule has 0 aliphatic carbocycles. The van der Waals surface area contributed by atoms with Gasteiger partial charge in [-0.15, -0.1) is 0 Å². The molecule has 0 spiro atoms. The van der Waals surface area contributed by atoms with Crippen molar-refractivity contribution >= 4 is 27.9 Å². The molecule has 7 heteroatoms. The molecule has 0 saturated carbocycles. The third-order valence-electron chi connectivity index (χ3n) is 2.89. The van der Waals surface area contributed by atoms with E-state index in [-0.39, 0.29) is 24.3 Å². The Bertz CT molecular complexity index is 711. The molecule has 0 amide bonds. The van der Waals surface area contributed by atoms with Gasteiger partial charge in [-0.2, -0.15) is 0 Å². The first-order valence-electron chi connectivity index (χ1n) is 6.59. The van der Waals surface area contributed by atoms with Gasteiger partial charge in [0.15, 0.2) is 0 Å². The summed E-state index contributed by atoms with van der Waals surface area (Å²) < 4.78 is 11.5. The van der Waals surface area contributed by atoms with Crippen LogP contribution in [-0.4, -0.2) is 35.4 Å². The molecule has 120 valence electrons. The second kappa shape index (κ2) is 7.64. The monoisotopic (exact) mass is 380 g/mol. The van der Waals surface area contributed by atoms with Gasteiger partial charge in [0.2, 0.25) is 0 Å². The van der Waals surface area contributed by atoms with Crippen LogP contribution in [0.5, 0.6) is 11.5 Å². The van der Waals surface area contributed by atoms with Gasteiger partial charge >= 0.3 is 11.9 Å². The van der Waals surface area contributed by atoms with Crippen molar-refractivity contribution < 1.29 is 29.3 Å². The zero-order valence-corrected chi connectivity index (χ0v) is 13.4. The minimum Gasteiger partial charge on any atom is -0.490 e. The summed E-state index contributed by atoms with van der Waals surface area (Å²) in [7, 11) is 0. The average Bonchev–Trinajstić information content (AvgIpc) is 2.53. The van der Waals surface area contributed by atoms with Crippen molar-refractivity contribution in [3.8, 4) is 11.5 Å². The van der Waals surface area contributed by atoms with E-state index in [1.807, 2.05) is 0 Å². The van der Waals surface area contributed by atoms with E-state index in [1.54, 1.807) is 18.2 Å². The number of benzene rings is 2. The van der Waals surface area contributed by atoms with Crippen LogP contribution in [0.3, 0.4) is 0 Å². The Kier molecular flexibility index (Phi) is 5.59. The summed E-state index contributed by atoms with van der Waals surface area (Å²) in [5, 5.41) is 17.7. The fraction of sp³-hybridized carbons (Fsp3) is 0.125. The highest BCUT2D eigenvalue weighted by Crippen LogP contribution is 2.26. The van der Waals surface area contributed by atoms with Crippen molar-refractivity contribution in [1.82, 2.24) is 0 Å². The number of hydrogen-bond donors (Lipinski definition) is 2. The predicted molar refractivity (Wildman–Crippen MR) is 85.5 cm³/mol. The normalized spacial score (nSPS) is 10.1. The molecule has 0 heterocycles. The number of carboxylic acid groups (broad SMARTS) is 2. The molecule has 0 saturated heterocycles. The second-order valence-electron chi connectivity index (χ2n) is 4.48. The van der Waals surface area contributed by atoms with Crippen LogP contribution < -0.4 is 9.47 Å². The van der Waals surface area contributed by atoms with Gasteiger partial charge in [0.05, 0.1) is 15.6 Å². The topological polar surface area (TPSA) is 93.1 Å². The predicted octanol–water partition coefficient (Wildman–Crippen LogP) is 3.30. The highest BCUT2D eigenvalue weighted by Gasteiger charge is 2.07. The summed E-state index contributed by atoms with van der Waals surface area (Å²) in [5.74, 6) is -0.946. The third kappa shape index (κ3) is 4.72. The van der Waals surface area contributed by atoms with Crippen LogP contribution in [-0.2, 0) is 0 Å². The number of halogens is 1. The maximum Gasteiger partial charge on any atom is 0.335 e. The number of aromatic carboxylic acids is 2. The molecule has 2 aromatic carbocycles. The van der Waals surface area contributed by atoms with E-state index in [0.717, 1.165) is 0 Å². The van der Waals surface area contributed by atoms with E-state index in [1.165, 1.54) is 24.3 Å². The van der Waals surface area contributed by atoms with E-state index >= 15 is 0 Å². The molecule has 0 aromatic heterocycles. The maximum atomic E-state index is 10.8. The van der Waals surface area contributed by atoms with E-state index in [0.29, 0.717) is 16.0 Å². The van der Waals surface area contributed by atoms with Gasteiger partial charge in [-0.05, 0) is 58.4 Å². The molecule has 6 nitrogen and oxygen atoms in total. The lowest BCUT2D eigenvalue weighted by Gasteiger charge is -2.10. The van der Waals surface area contributed by atoms with Gasteiger partial charge in [0.1, 0.15) is 24.7 Å². The zero-order valence-electron chi connectivity index (χ0n) is 11.9. The molecule has 0 bridgehead atoms. The van der Waals surface area contributed by atoms with Gasteiger partial charge < -0.3 is 19.7 Å². The SMILES string of the molecule is O=C(O)c1ccc(OCCOc2ccc(C(=O)O)cc2Br)cc1. The first kappa shape index (κ1) is 16.8. The number of rotatable bonds is 7. The number of carboxylic acids is 2. The molecular weight excluding hydrogens is 368 g/mol. The molecule has 0 radical (unpaired) electrons. The summed E-state index contributed by atoms with van der Waals surface area (Å²) in [6.07, 6.45) is 0. The molecule has 0 aliphatic heterocycles. The minimum absolute atomic E-state index is 0.166. The van der Waals surface area contributed by atoms with E-state index < -0.39 is 11.9 Å². The highest BCUT2D eigenvalue weighted by atomic mass is 79.9. The van der Waals surface area contributed by atoms with Gasteiger partial charge in [-0.1, -0.05) is 0 Å². The fourth-order valence-electron chi connectivity index (χ4n) is 1.76. The smallest absolute Gasteiger partial charge is 0.335 e. The van der Waals surface area contributed by atoms with Crippen molar-refractivity contribution in [2.75, 3.05) is 13.2 Å². The summed E-state index contributed by atoms with van der Waals surface area (Å²) in [4.78, 5) is 21.6. The summed E-state index contributed by atoms with van der Waals surface area (Å²) in [5.41, 5.74) is 0.357. The van der Waals surface area contributed by atoms with Crippen LogP contribution in [0, 0.1) is 0 Å². The minimum atomic E-state index is -1.01. The van der Waals surface area contributed by atoms with Crippen molar-refractivity contribution in [3.63, 3.8) is 0 Å². The first-order valence-corrected chi connectivity index (χ1v) is 7.38. The standard InChI is InChI=1S/C16H13BrO6/c17-13-9-11(16(20)21)3-6-14(13)23-8-7-22-12-4-1-10(2-5-12)15(18)19/h1-6,9H,7-8H2,(H,18,19)(H,20,21). The molecular formula is C16H13BrO6. The summed E-state index contributed by atoms with van der Waals surface area (Å²) >= 11 is 3.25. The molecule has 2 N–H and O–H groups in total. The summed E-state index contributed by atoms with van der Waals surface area (Å²) in [6.45, 7) is 0.519. The lowest BCUT2D eigenvalue weighted by molar-refractivity contribution is 0.0686. The van der Waals surface area contributed by atoms with Crippen LogP contribution in [0.2, 0.25) is 0 Å². The Labute approximate surface area is 140 Å². The van der Waals surface area contributed by atoms with Gasteiger partial charge in [-0.3, -0.25) is 0 Å². The van der Waals surface area contributed by atoms with E-state index in [9.17, 15) is 9.59 Å². The Hall–Kier alpha value is -2.54. The second-order valence-corrected chi connectivity index (χ2v) is 5.33. The van der Waals surface area contributed by atoms with Crippen LogP contribution >= 0.6 is 15.9 Å². The number of hydrogen-bond acceptors (Lipinski definition) is 4. The highest BCUT2D eigenvalue weighted by molar-refractivity contribution is 9.10. The maximum absolute atomic E-state index is 10.8. The molecule has 0 unspecified atom stereocenters. The average molecular weight is 381 g/mol. The Balaban J connectivity index is 1.83. The van der Waals surface area contributed by atoms with Crippen LogP contribution in [0.15, 0.2) is 46.9 Å². The van der Waals surface area contributed by atoms with E-state index in [4.69, 9.17) is 19.7 Å². The van der Waals surface area contributed by atoms with Gasteiger partial charge in [0.25, 0.3) is 0 Å². The molecule has 0 fully saturated rings. The van der Waals surface area contributed by atoms with Crippen LogP contribution in [0.25, 0.3) is 0 Å². The molecule has 2 rings (SSSR count). The zero-order chi connectivity index (χ0) is 16.8. The summed E-state index contributed by atoms with van der Waals surface area (Å²) in [6, 6.07) is 10.5. The largest absolute Gasteiger partial charge is 0.490 e. The molecule has 0 aliphatic rings. The Morgan fingerprint density at radius 2 is 1.43 bits per heavy atom. The van der Waals surface area contributed by atoms with Crippen molar-refractivity contribution in [1.29, 1.82) is 0 Å². The number of ether oxygens (including phenoxy) is 2. The first-order chi connectivity index (χ1) is 11.0. The Morgan fingerprint density at radius 1 is 0.870 bits per heavy atom. The van der Waals surface area contributed by atoms with Gasteiger partial charge in [-0.25, -0.2) is 9.59 Å². The molecule has 0 atom stereocenters. The molecule has 2 aromatic rings. The fourth-order valence-corrected chi connectivity index (χ4v) is 2.25. The Morgan fingerprint density at radius 3 is 2.00 bits per heavy atom. The van der Waals surface area contributed by atoms with Gasteiger partial charge in [0, 0.05) is 0 Å². The van der Waals surface area contributed by atoms with E-state index in [2.05, 4.69) is 15.9 Å². The lowest BCUT2D eigenvalue weighted by Crippen LogP contribution is -2.09. The third-order valence-corrected chi connectivity index (χ3v) is 3.51. The number of carbonyl (C=O) groups is 2. The molecule has 23 heavy (non-hydrogen) atoms. The van der Waals surface area contributed by atoms with Crippen molar-refractivity contribution in [2.24, 2.45) is 0 Å². The quantitative estimate of drug-likeness (QED) is 0.715. The van der Waals surface area contributed by atoms with Crippen molar-refractivity contribution in [2.45, 2.75) is 0 Å². The lowest BCUT2D eigenvalue weighted by atomic mass is 10.2. The van der Waals surface area contributed by atoms with Crippen molar-refractivity contribution in [3.05, 3.63) is 58.1 Å². The van der Waals surface area contributed by atoms with Crippen LogP contribution in [0.4, 0.5) is 0 Å². The van der Waals surface area contributed by atoms with Crippen LogP contribution in [0.1, 0.15) is 20.7 Å².